The minimum Gasteiger partial charge on any atom is -0.490 e. The number of esters is 2. The Balaban J connectivity index is 1.91. The number of hydrogen-bond donors (Lipinski definition) is 0. The van der Waals surface area contributed by atoms with Crippen molar-refractivity contribution in [3.05, 3.63) is 78.5 Å². The van der Waals surface area contributed by atoms with Gasteiger partial charge in [-0.15, -0.1) is 0 Å². The number of hydrogen-bond acceptors (Lipinski definition) is 10. The molecule has 2 heterocycles. The second-order valence-electron chi connectivity index (χ2n) is 9.11. The maximum Gasteiger partial charge on any atom is 0.338 e. The number of carbonyl (C=O) groups is 2. The summed E-state index contributed by atoms with van der Waals surface area (Å²) in [7, 11) is 0. The molecule has 3 aromatic rings. The highest BCUT2D eigenvalue weighted by molar-refractivity contribution is 7.07. The fourth-order valence-corrected chi connectivity index (χ4v) is 5.66. The molecule has 0 N–H and O–H groups in total. The molecule has 10 nitrogen and oxygen atoms in total. The zero-order valence-corrected chi connectivity index (χ0v) is 25.3. The highest BCUT2D eigenvalue weighted by Gasteiger charge is 2.34. The first-order valence-corrected chi connectivity index (χ1v) is 14.6. The lowest BCUT2D eigenvalue weighted by Crippen LogP contribution is -2.40. The van der Waals surface area contributed by atoms with Crippen LogP contribution in [0.5, 0.6) is 23.0 Å². The molecule has 0 radical (unpaired) electrons. The van der Waals surface area contributed by atoms with Gasteiger partial charge < -0.3 is 23.7 Å². The Labute approximate surface area is 247 Å². The van der Waals surface area contributed by atoms with Crippen LogP contribution in [0.1, 0.15) is 58.7 Å². The topological polar surface area (TPSA) is 115 Å². The van der Waals surface area contributed by atoms with Crippen LogP contribution in [0.3, 0.4) is 0 Å². The molecule has 0 aliphatic carbocycles. The Hall–Kier alpha value is -4.38. The number of thiazole rings is 1. The molecule has 0 bridgehead atoms. The van der Waals surface area contributed by atoms with Crippen molar-refractivity contribution in [1.29, 1.82) is 0 Å². The zero-order valence-electron chi connectivity index (χ0n) is 24.5. The number of fused-ring (bicyclic) bond motifs is 1. The van der Waals surface area contributed by atoms with E-state index < -0.39 is 18.0 Å². The van der Waals surface area contributed by atoms with Gasteiger partial charge in [0.2, 0.25) is 0 Å². The lowest BCUT2D eigenvalue weighted by Gasteiger charge is -2.25. The van der Waals surface area contributed by atoms with Gasteiger partial charge in [0, 0.05) is 6.92 Å². The molecule has 1 unspecified atom stereocenters. The van der Waals surface area contributed by atoms with E-state index in [-0.39, 0.29) is 17.7 Å². The van der Waals surface area contributed by atoms with E-state index in [1.165, 1.54) is 22.8 Å². The van der Waals surface area contributed by atoms with Crippen LogP contribution in [-0.4, -0.2) is 42.9 Å². The van der Waals surface area contributed by atoms with Crippen molar-refractivity contribution < 1.29 is 33.3 Å². The number of benzene rings is 2. The van der Waals surface area contributed by atoms with Gasteiger partial charge in [-0.05, 0) is 76.1 Å². The average molecular weight is 595 g/mol. The Morgan fingerprint density at radius 1 is 0.905 bits per heavy atom. The molecule has 42 heavy (non-hydrogen) atoms. The molecule has 0 fully saturated rings. The Morgan fingerprint density at radius 3 is 2.19 bits per heavy atom. The van der Waals surface area contributed by atoms with E-state index in [4.69, 9.17) is 23.7 Å². The minimum atomic E-state index is -0.803. The standard InChI is InChI=1S/C31H34N2O8S/c1-7-37-22-14-12-21(17-25(22)39-9-3)28-27(30(36)40-10-4)18(5)32-31-33(28)29(35)26(42-31)16-20-11-13-23(41-19(6)34)24(15-20)38-8-2/h11-17,28H,7-10H2,1-6H3/b26-16+. The van der Waals surface area contributed by atoms with Crippen LogP contribution in [0.2, 0.25) is 0 Å². The third-order valence-corrected chi connectivity index (χ3v) is 7.20. The van der Waals surface area contributed by atoms with Crippen LogP contribution in [0.15, 0.2) is 57.5 Å². The summed E-state index contributed by atoms with van der Waals surface area (Å²) in [5.41, 5.74) is 1.72. The molecule has 222 valence electrons. The molecule has 1 atom stereocenters. The minimum absolute atomic E-state index is 0.172. The molecule has 0 saturated carbocycles. The number of aromatic nitrogens is 1. The summed E-state index contributed by atoms with van der Waals surface area (Å²) in [6, 6.07) is 9.63. The van der Waals surface area contributed by atoms with Crippen LogP contribution in [-0.2, 0) is 14.3 Å². The zero-order chi connectivity index (χ0) is 30.4. The highest BCUT2D eigenvalue weighted by Crippen LogP contribution is 2.36. The van der Waals surface area contributed by atoms with Gasteiger partial charge in [0.05, 0.1) is 48.3 Å². The van der Waals surface area contributed by atoms with Crippen LogP contribution in [0.4, 0.5) is 0 Å². The lowest BCUT2D eigenvalue weighted by molar-refractivity contribution is -0.139. The number of carbonyl (C=O) groups excluding carboxylic acids is 2. The molecule has 2 aromatic carbocycles. The second-order valence-corrected chi connectivity index (χ2v) is 10.1. The van der Waals surface area contributed by atoms with Crippen molar-refractivity contribution >= 4 is 29.4 Å². The molecule has 1 aliphatic rings. The average Bonchev–Trinajstić information content (AvgIpc) is 3.24. The van der Waals surface area contributed by atoms with E-state index in [1.54, 1.807) is 50.3 Å². The van der Waals surface area contributed by atoms with Crippen molar-refractivity contribution in [2.45, 2.75) is 47.6 Å². The Kier molecular flexibility index (Phi) is 9.84. The fourth-order valence-electron chi connectivity index (χ4n) is 4.62. The summed E-state index contributed by atoms with van der Waals surface area (Å²) in [4.78, 5) is 43.8. The summed E-state index contributed by atoms with van der Waals surface area (Å²) in [5, 5.41) is 0. The molecular weight excluding hydrogens is 560 g/mol. The van der Waals surface area contributed by atoms with Gasteiger partial charge in [-0.2, -0.15) is 0 Å². The van der Waals surface area contributed by atoms with Crippen LogP contribution < -0.4 is 33.8 Å². The molecule has 1 aromatic heterocycles. The quantitative estimate of drug-likeness (QED) is 0.243. The summed E-state index contributed by atoms with van der Waals surface area (Å²) in [5.74, 6) is 0.729. The summed E-state index contributed by atoms with van der Waals surface area (Å²) >= 11 is 1.21. The van der Waals surface area contributed by atoms with E-state index in [1.807, 2.05) is 26.8 Å². The van der Waals surface area contributed by atoms with Gasteiger partial charge in [-0.3, -0.25) is 14.2 Å². The van der Waals surface area contributed by atoms with Gasteiger partial charge >= 0.3 is 11.9 Å². The van der Waals surface area contributed by atoms with Gasteiger partial charge in [0.15, 0.2) is 27.8 Å². The highest BCUT2D eigenvalue weighted by atomic mass is 32.1. The molecule has 4 rings (SSSR count). The maximum atomic E-state index is 14.0. The van der Waals surface area contributed by atoms with Gasteiger partial charge in [-0.25, -0.2) is 9.79 Å². The van der Waals surface area contributed by atoms with E-state index >= 15 is 0 Å². The van der Waals surface area contributed by atoms with Crippen molar-refractivity contribution in [3.63, 3.8) is 0 Å². The monoisotopic (exact) mass is 594 g/mol. The van der Waals surface area contributed by atoms with Crippen LogP contribution >= 0.6 is 11.3 Å². The summed E-state index contributed by atoms with van der Waals surface area (Å²) in [6.45, 7) is 11.7. The van der Waals surface area contributed by atoms with Crippen LogP contribution in [0.25, 0.3) is 6.08 Å². The Bertz CT molecular complexity index is 1700. The summed E-state index contributed by atoms with van der Waals surface area (Å²) < 4.78 is 29.8. The number of allylic oxidation sites excluding steroid dienone is 1. The van der Waals surface area contributed by atoms with E-state index in [9.17, 15) is 14.4 Å². The second kappa shape index (κ2) is 13.5. The molecule has 1 aliphatic heterocycles. The fraction of sp³-hybridized carbons (Fsp3) is 0.355. The molecule has 0 spiro atoms. The number of ether oxygens (including phenoxy) is 5. The Morgan fingerprint density at radius 2 is 1.55 bits per heavy atom. The SMILES string of the molecule is CCOC(=O)C1=C(C)N=c2s/c(=C/c3ccc(OC(C)=O)c(OCC)c3)c(=O)n2C1c1ccc(OCC)c(OCC)c1. The predicted octanol–water partition coefficient (Wildman–Crippen LogP) is 3.92. The third kappa shape index (κ3) is 6.41. The smallest absolute Gasteiger partial charge is 0.338 e. The first-order chi connectivity index (χ1) is 20.2. The largest absolute Gasteiger partial charge is 0.490 e. The van der Waals surface area contributed by atoms with Gasteiger partial charge in [0.1, 0.15) is 0 Å². The number of nitrogens with zero attached hydrogens (tertiary/aromatic N) is 2. The number of rotatable bonds is 11. The van der Waals surface area contributed by atoms with E-state index in [0.717, 1.165) is 0 Å². The predicted molar refractivity (Wildman–Crippen MR) is 158 cm³/mol. The third-order valence-electron chi connectivity index (χ3n) is 6.22. The molecule has 0 saturated heterocycles. The molecular formula is C31H34N2O8S. The molecule has 0 amide bonds. The van der Waals surface area contributed by atoms with Crippen LogP contribution in [0, 0.1) is 0 Å². The maximum absolute atomic E-state index is 14.0. The normalized spacial score (nSPS) is 14.6. The van der Waals surface area contributed by atoms with E-state index in [2.05, 4.69) is 4.99 Å². The van der Waals surface area contributed by atoms with Gasteiger partial charge in [-0.1, -0.05) is 23.5 Å². The van der Waals surface area contributed by atoms with Gasteiger partial charge in [0.25, 0.3) is 5.56 Å². The van der Waals surface area contributed by atoms with E-state index in [0.29, 0.717) is 69.0 Å². The first-order valence-electron chi connectivity index (χ1n) is 13.8. The van der Waals surface area contributed by atoms with Crippen molar-refractivity contribution in [2.24, 2.45) is 4.99 Å². The first kappa shape index (κ1) is 30.6. The lowest BCUT2D eigenvalue weighted by atomic mass is 9.95. The van der Waals surface area contributed by atoms with Crippen molar-refractivity contribution in [1.82, 2.24) is 4.57 Å². The summed E-state index contributed by atoms with van der Waals surface area (Å²) in [6.07, 6.45) is 1.72. The molecule has 11 heteroatoms. The van der Waals surface area contributed by atoms with Crippen molar-refractivity contribution in [3.8, 4) is 23.0 Å². The van der Waals surface area contributed by atoms with Crippen molar-refractivity contribution in [2.75, 3.05) is 26.4 Å².